The van der Waals surface area contributed by atoms with Crippen molar-refractivity contribution in [2.45, 2.75) is 13.0 Å². The molecular formula is C22H20N2O5. The van der Waals surface area contributed by atoms with Gasteiger partial charge in [0.25, 0.3) is 5.91 Å². The summed E-state index contributed by atoms with van der Waals surface area (Å²) >= 11 is 0. The molecule has 148 valence electrons. The lowest BCUT2D eigenvalue weighted by Gasteiger charge is -2.28. The number of benzene rings is 2. The van der Waals surface area contributed by atoms with E-state index in [2.05, 4.69) is 11.4 Å². The average Bonchev–Trinajstić information content (AvgIpc) is 3.12. The van der Waals surface area contributed by atoms with Gasteiger partial charge in [0.1, 0.15) is 0 Å². The zero-order chi connectivity index (χ0) is 20.2. The molecule has 2 aromatic rings. The number of Topliss-reactive ketones (excluding diaryl/α,β-unsaturated/α-hetero) is 1. The van der Waals surface area contributed by atoms with Gasteiger partial charge in [0, 0.05) is 18.8 Å². The lowest BCUT2D eigenvalue weighted by Crippen LogP contribution is -2.38. The number of rotatable bonds is 5. The maximum Gasteiger partial charge on any atom is 0.347 e. The number of ketones is 1. The Balaban J connectivity index is 1.39. The third-order valence-electron chi connectivity index (χ3n) is 4.90. The minimum absolute atomic E-state index is 0.0468. The van der Waals surface area contributed by atoms with E-state index in [1.165, 1.54) is 5.56 Å². The minimum Gasteiger partial charge on any atom is -0.470 e. The summed E-state index contributed by atoms with van der Waals surface area (Å²) in [6.07, 6.45) is 0.762. The number of carbonyl (C=O) groups excluding carboxylic acids is 3. The Bertz CT molecular complexity index is 984. The largest absolute Gasteiger partial charge is 0.470 e. The quantitative estimate of drug-likeness (QED) is 0.619. The van der Waals surface area contributed by atoms with Gasteiger partial charge >= 0.3 is 5.97 Å². The summed E-state index contributed by atoms with van der Waals surface area (Å²) in [5.41, 5.74) is 2.79. The van der Waals surface area contributed by atoms with Crippen LogP contribution in [0.4, 0.5) is 5.69 Å². The van der Waals surface area contributed by atoms with Crippen LogP contribution in [-0.4, -0.2) is 42.3 Å². The fourth-order valence-electron chi connectivity index (χ4n) is 3.37. The molecular weight excluding hydrogens is 372 g/mol. The van der Waals surface area contributed by atoms with E-state index >= 15 is 0 Å². The fraction of sp³-hybridized carbons (Fsp3) is 0.227. The van der Waals surface area contributed by atoms with E-state index in [0.29, 0.717) is 18.8 Å². The Morgan fingerprint density at radius 1 is 1.03 bits per heavy atom. The van der Waals surface area contributed by atoms with Gasteiger partial charge in [-0.2, -0.15) is 0 Å². The van der Waals surface area contributed by atoms with Gasteiger partial charge in [-0.25, -0.2) is 4.79 Å². The number of anilines is 1. The molecule has 29 heavy (non-hydrogen) atoms. The predicted octanol–water partition coefficient (Wildman–Crippen LogP) is 2.04. The first kappa shape index (κ1) is 18.7. The van der Waals surface area contributed by atoms with Crippen LogP contribution in [-0.2, 0) is 36.8 Å². The fourth-order valence-corrected chi connectivity index (χ4v) is 3.37. The predicted molar refractivity (Wildman–Crippen MR) is 105 cm³/mol. The van der Waals surface area contributed by atoms with Gasteiger partial charge in [0.2, 0.25) is 11.7 Å². The topological polar surface area (TPSA) is 84.9 Å². The van der Waals surface area contributed by atoms with Gasteiger partial charge < -0.3 is 19.7 Å². The number of hydrogen-bond acceptors (Lipinski definition) is 6. The molecule has 2 heterocycles. The minimum atomic E-state index is -0.864. The van der Waals surface area contributed by atoms with Crippen LogP contribution in [0.3, 0.4) is 0 Å². The third-order valence-corrected chi connectivity index (χ3v) is 4.90. The number of amides is 1. The zero-order valence-electron chi connectivity index (χ0n) is 15.7. The molecule has 1 amide bonds. The van der Waals surface area contributed by atoms with Gasteiger partial charge in [-0.05, 0) is 29.7 Å². The second-order valence-corrected chi connectivity index (χ2v) is 6.82. The molecule has 2 aliphatic heterocycles. The molecule has 0 saturated carbocycles. The molecule has 0 bridgehead atoms. The number of nitrogens with zero attached hydrogens (tertiary/aromatic N) is 1. The van der Waals surface area contributed by atoms with Crippen molar-refractivity contribution >= 4 is 23.3 Å². The van der Waals surface area contributed by atoms with Crippen molar-refractivity contribution in [3.8, 4) is 0 Å². The van der Waals surface area contributed by atoms with Gasteiger partial charge in [-0.1, -0.05) is 42.5 Å². The van der Waals surface area contributed by atoms with Gasteiger partial charge in [0.05, 0.1) is 0 Å². The van der Waals surface area contributed by atoms with Gasteiger partial charge in [0.15, 0.2) is 18.8 Å². The number of para-hydroxylation sites is 1. The second-order valence-electron chi connectivity index (χ2n) is 6.82. The third kappa shape index (κ3) is 4.13. The van der Waals surface area contributed by atoms with E-state index in [4.69, 9.17) is 9.47 Å². The van der Waals surface area contributed by atoms with E-state index < -0.39 is 18.4 Å². The lowest BCUT2D eigenvalue weighted by atomic mass is 10.00. The van der Waals surface area contributed by atoms with Crippen LogP contribution >= 0.6 is 0 Å². The molecule has 0 aliphatic carbocycles. The molecule has 1 N–H and O–H groups in total. The van der Waals surface area contributed by atoms with Gasteiger partial charge in [-0.3, -0.25) is 9.59 Å². The molecule has 2 aliphatic rings. The molecule has 0 unspecified atom stereocenters. The summed E-state index contributed by atoms with van der Waals surface area (Å²) in [6.45, 7) is 0.393. The van der Waals surface area contributed by atoms with Crippen molar-refractivity contribution in [3.63, 3.8) is 0 Å². The first-order valence-electron chi connectivity index (χ1n) is 9.36. The Morgan fingerprint density at radius 3 is 2.55 bits per heavy atom. The summed E-state index contributed by atoms with van der Waals surface area (Å²) in [6, 6.07) is 17.0. The highest BCUT2D eigenvalue weighted by Crippen LogP contribution is 2.21. The normalized spacial score (nSPS) is 15.6. The first-order valence-corrected chi connectivity index (χ1v) is 9.36. The van der Waals surface area contributed by atoms with E-state index in [0.717, 1.165) is 12.0 Å². The highest BCUT2D eigenvalue weighted by molar-refractivity contribution is 6.20. The Hall–Kier alpha value is -3.61. The van der Waals surface area contributed by atoms with Gasteiger partial charge in [-0.15, -0.1) is 0 Å². The zero-order valence-corrected chi connectivity index (χ0v) is 15.7. The van der Waals surface area contributed by atoms with E-state index in [-0.39, 0.29) is 24.0 Å². The van der Waals surface area contributed by atoms with Crippen molar-refractivity contribution in [2.24, 2.45) is 0 Å². The standard InChI is InChI=1S/C22H20N2O5/c25-18-13-28-21(23-17-8-2-1-3-9-17)20(18)22(27)29-14-19(26)24-11-10-15-6-4-5-7-16(15)12-24/h1-9,23H,10-14H2. The maximum atomic E-state index is 12.5. The molecule has 0 aromatic heterocycles. The van der Waals surface area contributed by atoms with Crippen LogP contribution in [0.25, 0.3) is 0 Å². The van der Waals surface area contributed by atoms with Crippen LogP contribution in [0.2, 0.25) is 0 Å². The van der Waals surface area contributed by atoms with Crippen LogP contribution in [0, 0.1) is 0 Å². The molecule has 2 aromatic carbocycles. The van der Waals surface area contributed by atoms with Crippen LogP contribution in [0.1, 0.15) is 11.1 Å². The van der Waals surface area contributed by atoms with E-state index in [1.807, 2.05) is 36.4 Å². The lowest BCUT2D eigenvalue weighted by molar-refractivity contribution is -0.150. The number of esters is 1. The van der Waals surface area contributed by atoms with E-state index in [9.17, 15) is 14.4 Å². The molecule has 0 spiro atoms. The summed E-state index contributed by atoms with van der Waals surface area (Å²) < 4.78 is 10.4. The van der Waals surface area contributed by atoms with E-state index in [1.54, 1.807) is 17.0 Å². The van der Waals surface area contributed by atoms with Crippen LogP contribution in [0.5, 0.6) is 0 Å². The summed E-state index contributed by atoms with van der Waals surface area (Å²) in [7, 11) is 0. The molecule has 7 heteroatoms. The summed E-state index contributed by atoms with van der Waals surface area (Å²) in [4.78, 5) is 38.7. The summed E-state index contributed by atoms with van der Waals surface area (Å²) in [5.74, 6) is -1.59. The SMILES string of the molecule is O=C1COC(Nc2ccccc2)=C1C(=O)OCC(=O)N1CCc2ccccc2C1. The highest BCUT2D eigenvalue weighted by atomic mass is 16.5. The van der Waals surface area contributed by atoms with Crippen molar-refractivity contribution in [3.05, 3.63) is 77.2 Å². The molecule has 0 atom stereocenters. The Morgan fingerprint density at radius 2 is 1.76 bits per heavy atom. The molecule has 0 fully saturated rings. The first-order chi connectivity index (χ1) is 14.1. The number of fused-ring (bicyclic) bond motifs is 1. The van der Waals surface area contributed by atoms with Crippen LogP contribution in [0.15, 0.2) is 66.1 Å². The monoisotopic (exact) mass is 392 g/mol. The second kappa shape index (κ2) is 8.18. The molecule has 7 nitrogen and oxygen atoms in total. The number of ether oxygens (including phenoxy) is 2. The van der Waals surface area contributed by atoms with Crippen LogP contribution < -0.4 is 5.32 Å². The average molecular weight is 392 g/mol. The van der Waals surface area contributed by atoms with Crippen molar-refractivity contribution in [1.82, 2.24) is 4.90 Å². The smallest absolute Gasteiger partial charge is 0.347 e. The maximum absolute atomic E-state index is 12.5. The number of hydrogen-bond donors (Lipinski definition) is 1. The van der Waals surface area contributed by atoms with Crippen molar-refractivity contribution < 1.29 is 23.9 Å². The Labute approximate surface area is 167 Å². The van der Waals surface area contributed by atoms with Crippen molar-refractivity contribution in [1.29, 1.82) is 0 Å². The molecule has 4 rings (SSSR count). The molecule has 0 saturated heterocycles. The molecule has 0 radical (unpaired) electrons. The number of nitrogens with one attached hydrogen (secondary N) is 1. The van der Waals surface area contributed by atoms with Crippen molar-refractivity contribution in [2.75, 3.05) is 25.1 Å². The highest BCUT2D eigenvalue weighted by Gasteiger charge is 2.33. The Kier molecular flexibility index (Phi) is 5.29. The summed E-state index contributed by atoms with van der Waals surface area (Å²) in [5, 5.41) is 2.90. The number of carbonyl (C=O) groups is 3.